The van der Waals surface area contributed by atoms with Crippen molar-refractivity contribution in [3.8, 4) is 11.1 Å². The summed E-state index contributed by atoms with van der Waals surface area (Å²) >= 11 is 0. The number of halogens is 4. The summed E-state index contributed by atoms with van der Waals surface area (Å²) in [7, 11) is 0. The van der Waals surface area contributed by atoms with Gasteiger partial charge in [0.15, 0.2) is 0 Å². The van der Waals surface area contributed by atoms with Crippen LogP contribution in [0.4, 0.5) is 17.6 Å². The van der Waals surface area contributed by atoms with Gasteiger partial charge in [-0.15, -0.1) is 0 Å². The highest BCUT2D eigenvalue weighted by Crippen LogP contribution is 2.35. The van der Waals surface area contributed by atoms with E-state index in [4.69, 9.17) is 5.73 Å². The van der Waals surface area contributed by atoms with E-state index in [1.54, 1.807) is 19.1 Å². The van der Waals surface area contributed by atoms with Crippen molar-refractivity contribution in [2.75, 3.05) is 0 Å². The summed E-state index contributed by atoms with van der Waals surface area (Å²) in [5, 5.41) is 0. The predicted octanol–water partition coefficient (Wildman–Crippen LogP) is 4.28. The lowest BCUT2D eigenvalue weighted by Crippen LogP contribution is -2.08. The average Bonchev–Trinajstić information content (AvgIpc) is 2.38. The van der Waals surface area contributed by atoms with Gasteiger partial charge < -0.3 is 5.73 Å². The molecule has 106 valence electrons. The molecular formula is C15H13F4N. The summed E-state index contributed by atoms with van der Waals surface area (Å²) in [6, 6.07) is 8.28. The summed E-state index contributed by atoms with van der Waals surface area (Å²) < 4.78 is 51.4. The molecule has 0 atom stereocenters. The summed E-state index contributed by atoms with van der Waals surface area (Å²) in [5.74, 6) is -1.27. The molecule has 2 N–H and O–H groups in total. The van der Waals surface area contributed by atoms with Crippen LogP contribution >= 0.6 is 0 Å². The van der Waals surface area contributed by atoms with Gasteiger partial charge in [0, 0.05) is 6.54 Å². The van der Waals surface area contributed by atoms with Crippen molar-refractivity contribution in [1.29, 1.82) is 0 Å². The fraction of sp³-hybridized carbons (Fsp3) is 0.200. The minimum atomic E-state index is -4.70. The average molecular weight is 283 g/mol. The minimum absolute atomic E-state index is 0.333. The van der Waals surface area contributed by atoms with Gasteiger partial charge in [-0.3, -0.25) is 0 Å². The molecule has 0 aliphatic rings. The molecule has 0 heterocycles. The van der Waals surface area contributed by atoms with Crippen molar-refractivity contribution in [2.24, 2.45) is 5.73 Å². The first-order valence-electron chi connectivity index (χ1n) is 5.99. The molecule has 0 aromatic heterocycles. The Balaban J connectivity index is 2.54. The Kier molecular flexibility index (Phi) is 3.81. The molecule has 2 aromatic carbocycles. The van der Waals surface area contributed by atoms with Gasteiger partial charge in [-0.1, -0.05) is 24.3 Å². The number of alkyl halides is 3. The number of benzene rings is 2. The lowest BCUT2D eigenvalue weighted by Gasteiger charge is -2.12. The quantitative estimate of drug-likeness (QED) is 0.818. The Hall–Kier alpha value is -1.88. The molecular weight excluding hydrogens is 270 g/mol. The lowest BCUT2D eigenvalue weighted by molar-refractivity contribution is -0.139. The van der Waals surface area contributed by atoms with Crippen LogP contribution in [0.15, 0.2) is 36.4 Å². The van der Waals surface area contributed by atoms with Crippen LogP contribution < -0.4 is 5.73 Å². The van der Waals surface area contributed by atoms with Crippen LogP contribution in [0.2, 0.25) is 0 Å². The molecule has 0 aliphatic carbocycles. The Labute approximate surface area is 114 Å². The van der Waals surface area contributed by atoms with Crippen LogP contribution in [0.1, 0.15) is 16.7 Å². The standard InChI is InChI=1S/C15H13F4N/c1-9-6-10(8-20)2-4-12(9)11-3-5-14(16)13(7-11)15(17,18)19/h2-7H,8,20H2,1H3. The van der Waals surface area contributed by atoms with E-state index in [2.05, 4.69) is 0 Å². The molecule has 1 nitrogen and oxygen atoms in total. The number of nitrogens with two attached hydrogens (primary N) is 1. The van der Waals surface area contributed by atoms with Crippen molar-refractivity contribution >= 4 is 0 Å². The van der Waals surface area contributed by atoms with E-state index in [0.717, 1.165) is 23.3 Å². The van der Waals surface area contributed by atoms with Crippen molar-refractivity contribution in [2.45, 2.75) is 19.6 Å². The van der Waals surface area contributed by atoms with Crippen LogP contribution in [0.25, 0.3) is 11.1 Å². The highest BCUT2D eigenvalue weighted by molar-refractivity contribution is 5.68. The van der Waals surface area contributed by atoms with Gasteiger partial charge in [0.2, 0.25) is 0 Å². The van der Waals surface area contributed by atoms with Gasteiger partial charge >= 0.3 is 6.18 Å². The van der Waals surface area contributed by atoms with E-state index >= 15 is 0 Å². The van der Waals surface area contributed by atoms with Gasteiger partial charge in [-0.2, -0.15) is 13.2 Å². The summed E-state index contributed by atoms with van der Waals surface area (Å²) in [6.07, 6.45) is -4.70. The molecule has 0 saturated heterocycles. The van der Waals surface area contributed by atoms with E-state index in [9.17, 15) is 17.6 Å². The Bertz CT molecular complexity index is 632. The van der Waals surface area contributed by atoms with Crippen molar-refractivity contribution in [3.05, 3.63) is 58.9 Å². The molecule has 2 rings (SSSR count). The number of rotatable bonds is 2. The summed E-state index contributed by atoms with van der Waals surface area (Å²) in [4.78, 5) is 0. The topological polar surface area (TPSA) is 26.0 Å². The summed E-state index contributed by atoms with van der Waals surface area (Å²) in [5.41, 5.74) is 6.91. The maximum Gasteiger partial charge on any atom is 0.419 e. The molecule has 0 unspecified atom stereocenters. The second kappa shape index (κ2) is 5.25. The first kappa shape index (κ1) is 14.5. The van der Waals surface area contributed by atoms with E-state index in [-0.39, 0.29) is 0 Å². The van der Waals surface area contributed by atoms with Crippen LogP contribution in [0.3, 0.4) is 0 Å². The Morgan fingerprint density at radius 3 is 2.30 bits per heavy atom. The SMILES string of the molecule is Cc1cc(CN)ccc1-c1ccc(F)c(C(F)(F)F)c1. The lowest BCUT2D eigenvalue weighted by atomic mass is 9.97. The monoisotopic (exact) mass is 283 g/mol. The maximum atomic E-state index is 13.3. The molecule has 0 aliphatic heterocycles. The third-order valence-electron chi connectivity index (χ3n) is 3.11. The smallest absolute Gasteiger partial charge is 0.326 e. The minimum Gasteiger partial charge on any atom is -0.326 e. The Morgan fingerprint density at radius 1 is 1.05 bits per heavy atom. The zero-order valence-electron chi connectivity index (χ0n) is 10.8. The van der Waals surface area contributed by atoms with E-state index in [1.807, 2.05) is 6.07 Å². The first-order chi connectivity index (χ1) is 9.32. The van der Waals surface area contributed by atoms with Crippen molar-refractivity contribution in [3.63, 3.8) is 0 Å². The molecule has 0 fully saturated rings. The largest absolute Gasteiger partial charge is 0.419 e. The highest BCUT2D eigenvalue weighted by atomic mass is 19.4. The van der Waals surface area contributed by atoms with Crippen molar-refractivity contribution in [1.82, 2.24) is 0 Å². The normalized spacial score (nSPS) is 11.7. The van der Waals surface area contributed by atoms with E-state index in [1.165, 1.54) is 6.07 Å². The third kappa shape index (κ3) is 2.82. The highest BCUT2D eigenvalue weighted by Gasteiger charge is 2.34. The van der Waals surface area contributed by atoms with Gasteiger partial charge in [0.05, 0.1) is 5.56 Å². The number of aryl methyl sites for hydroxylation is 1. The van der Waals surface area contributed by atoms with E-state index < -0.39 is 17.6 Å². The van der Waals surface area contributed by atoms with Gasteiger partial charge in [0.25, 0.3) is 0 Å². The molecule has 0 saturated carbocycles. The zero-order chi connectivity index (χ0) is 14.9. The molecule has 2 aromatic rings. The second-order valence-corrected chi connectivity index (χ2v) is 4.55. The molecule has 0 bridgehead atoms. The zero-order valence-corrected chi connectivity index (χ0v) is 10.8. The Morgan fingerprint density at radius 2 is 1.75 bits per heavy atom. The van der Waals surface area contributed by atoms with Crippen LogP contribution in [0, 0.1) is 12.7 Å². The van der Waals surface area contributed by atoms with Crippen LogP contribution in [-0.4, -0.2) is 0 Å². The van der Waals surface area contributed by atoms with Crippen LogP contribution in [-0.2, 0) is 12.7 Å². The predicted molar refractivity (Wildman–Crippen MR) is 69.5 cm³/mol. The number of hydrogen-bond donors (Lipinski definition) is 1. The van der Waals surface area contributed by atoms with Gasteiger partial charge in [0.1, 0.15) is 5.82 Å². The fourth-order valence-electron chi connectivity index (χ4n) is 2.09. The van der Waals surface area contributed by atoms with Crippen molar-refractivity contribution < 1.29 is 17.6 Å². The van der Waals surface area contributed by atoms with E-state index in [0.29, 0.717) is 17.7 Å². The molecule has 5 heteroatoms. The number of hydrogen-bond acceptors (Lipinski definition) is 1. The van der Waals surface area contributed by atoms with Gasteiger partial charge in [-0.05, 0) is 41.3 Å². The van der Waals surface area contributed by atoms with Crippen LogP contribution in [0.5, 0.6) is 0 Å². The third-order valence-corrected chi connectivity index (χ3v) is 3.11. The molecule has 0 spiro atoms. The first-order valence-corrected chi connectivity index (χ1v) is 5.99. The second-order valence-electron chi connectivity index (χ2n) is 4.55. The molecule has 0 amide bonds. The van der Waals surface area contributed by atoms with Gasteiger partial charge in [-0.25, -0.2) is 4.39 Å². The molecule has 0 radical (unpaired) electrons. The fourth-order valence-corrected chi connectivity index (χ4v) is 2.09. The summed E-state index contributed by atoms with van der Waals surface area (Å²) in [6.45, 7) is 2.14. The molecule has 20 heavy (non-hydrogen) atoms. The maximum absolute atomic E-state index is 13.3.